The van der Waals surface area contributed by atoms with Crippen molar-refractivity contribution < 1.29 is 14.3 Å². The summed E-state index contributed by atoms with van der Waals surface area (Å²) in [6.07, 6.45) is 2.29. The van der Waals surface area contributed by atoms with Crippen molar-refractivity contribution in [1.82, 2.24) is 10.3 Å². The highest BCUT2D eigenvalue weighted by Gasteiger charge is 2.18. The van der Waals surface area contributed by atoms with Gasteiger partial charge in [-0.05, 0) is 57.9 Å². The molecule has 1 aromatic carbocycles. The summed E-state index contributed by atoms with van der Waals surface area (Å²) >= 11 is 0. The van der Waals surface area contributed by atoms with Gasteiger partial charge in [0.05, 0.1) is 7.11 Å². The number of aromatic nitrogens is 1. The van der Waals surface area contributed by atoms with E-state index >= 15 is 0 Å². The van der Waals surface area contributed by atoms with Gasteiger partial charge in [-0.25, -0.2) is 4.79 Å². The molecule has 0 bridgehead atoms. The van der Waals surface area contributed by atoms with Crippen LogP contribution in [0.5, 0.6) is 5.75 Å². The number of rotatable bonds is 4. The second-order valence-electron chi connectivity index (χ2n) is 6.48. The Bertz CT molecular complexity index is 655. The number of hydrogen-bond donors (Lipinski definition) is 2. The van der Waals surface area contributed by atoms with Crippen LogP contribution in [0, 0.1) is 0 Å². The molecule has 120 valence electrons. The van der Waals surface area contributed by atoms with E-state index in [1.807, 2.05) is 52.1 Å². The lowest BCUT2D eigenvalue weighted by atomic mass is 10.1. The number of fused-ring (bicyclic) bond motifs is 1. The number of alkyl carbamates (subject to hydrolysis) is 1. The minimum atomic E-state index is -0.488. The zero-order valence-electron chi connectivity index (χ0n) is 13.8. The van der Waals surface area contributed by atoms with Crippen molar-refractivity contribution in [1.29, 1.82) is 0 Å². The quantitative estimate of drug-likeness (QED) is 0.906. The molecule has 2 rings (SSSR count). The molecule has 0 aliphatic rings. The molecule has 22 heavy (non-hydrogen) atoms. The summed E-state index contributed by atoms with van der Waals surface area (Å²) in [6, 6.07) is 5.88. The number of methoxy groups -OCH3 is 1. The first kappa shape index (κ1) is 16.2. The summed E-state index contributed by atoms with van der Waals surface area (Å²) in [4.78, 5) is 15.0. The number of amides is 1. The van der Waals surface area contributed by atoms with Gasteiger partial charge in [-0.15, -0.1) is 0 Å². The number of H-pyrrole nitrogens is 1. The molecular formula is C17H24N2O3. The molecule has 5 heteroatoms. The molecule has 0 spiro atoms. The van der Waals surface area contributed by atoms with Gasteiger partial charge in [-0.3, -0.25) is 0 Å². The molecule has 0 aliphatic carbocycles. The van der Waals surface area contributed by atoms with E-state index in [0.29, 0.717) is 6.42 Å². The third-order valence-corrected chi connectivity index (χ3v) is 3.26. The zero-order chi connectivity index (χ0) is 16.3. The predicted octanol–water partition coefficient (Wildman–Crippen LogP) is 3.63. The second kappa shape index (κ2) is 6.30. The Kier molecular flexibility index (Phi) is 4.64. The maximum absolute atomic E-state index is 11.8. The Morgan fingerprint density at radius 2 is 2.09 bits per heavy atom. The molecular weight excluding hydrogens is 280 g/mol. The summed E-state index contributed by atoms with van der Waals surface area (Å²) in [5.74, 6) is 0.820. The maximum Gasteiger partial charge on any atom is 0.407 e. The maximum atomic E-state index is 11.8. The van der Waals surface area contributed by atoms with Gasteiger partial charge in [-0.1, -0.05) is 0 Å². The largest absolute Gasteiger partial charge is 0.497 e. The highest BCUT2D eigenvalue weighted by Crippen LogP contribution is 2.24. The molecule has 0 aliphatic heterocycles. The molecule has 1 amide bonds. The third kappa shape index (κ3) is 4.16. The van der Waals surface area contributed by atoms with Crippen LogP contribution >= 0.6 is 0 Å². The van der Waals surface area contributed by atoms with Crippen LogP contribution in [0.3, 0.4) is 0 Å². The Balaban J connectivity index is 2.05. The van der Waals surface area contributed by atoms with Gasteiger partial charge in [0.25, 0.3) is 0 Å². The van der Waals surface area contributed by atoms with Gasteiger partial charge in [0, 0.05) is 23.1 Å². The lowest BCUT2D eigenvalue weighted by Gasteiger charge is -2.21. The van der Waals surface area contributed by atoms with Crippen LogP contribution in [-0.4, -0.2) is 29.8 Å². The molecule has 1 unspecified atom stereocenters. The van der Waals surface area contributed by atoms with Crippen LogP contribution in [0.4, 0.5) is 4.79 Å². The van der Waals surface area contributed by atoms with E-state index in [1.54, 1.807) is 7.11 Å². The summed E-state index contributed by atoms with van der Waals surface area (Å²) in [7, 11) is 1.65. The summed E-state index contributed by atoms with van der Waals surface area (Å²) in [6.45, 7) is 7.51. The summed E-state index contributed by atoms with van der Waals surface area (Å²) in [5, 5.41) is 3.97. The standard InChI is InChI=1S/C17H24N2O3/c1-11(19-16(20)22-17(2,3)4)8-12-10-18-15-7-6-13(21-5)9-14(12)15/h6-7,9-11,18H,8H2,1-5H3,(H,19,20). The number of ether oxygens (including phenoxy) is 2. The van der Waals surface area contributed by atoms with Crippen molar-refractivity contribution in [3.8, 4) is 5.75 Å². The minimum absolute atomic E-state index is 0.0277. The van der Waals surface area contributed by atoms with Crippen LogP contribution in [-0.2, 0) is 11.2 Å². The first-order valence-electron chi connectivity index (χ1n) is 7.42. The molecule has 1 atom stereocenters. The minimum Gasteiger partial charge on any atom is -0.497 e. The third-order valence-electron chi connectivity index (χ3n) is 3.26. The van der Waals surface area contributed by atoms with Crippen molar-refractivity contribution in [2.24, 2.45) is 0 Å². The average molecular weight is 304 g/mol. The van der Waals surface area contributed by atoms with E-state index in [-0.39, 0.29) is 6.04 Å². The van der Waals surface area contributed by atoms with E-state index in [9.17, 15) is 4.79 Å². The van der Waals surface area contributed by atoms with Crippen molar-refractivity contribution in [2.75, 3.05) is 7.11 Å². The smallest absolute Gasteiger partial charge is 0.407 e. The highest BCUT2D eigenvalue weighted by atomic mass is 16.6. The molecule has 2 N–H and O–H groups in total. The van der Waals surface area contributed by atoms with Crippen LogP contribution in [0.1, 0.15) is 33.3 Å². The number of hydrogen-bond acceptors (Lipinski definition) is 3. The Labute approximate surface area is 131 Å². The van der Waals surface area contributed by atoms with Gasteiger partial charge >= 0.3 is 6.09 Å². The first-order valence-corrected chi connectivity index (χ1v) is 7.42. The topological polar surface area (TPSA) is 63.3 Å². The monoisotopic (exact) mass is 304 g/mol. The van der Waals surface area contributed by atoms with Gasteiger partial charge in [0.2, 0.25) is 0 Å². The van der Waals surface area contributed by atoms with Crippen molar-refractivity contribution in [2.45, 2.75) is 45.8 Å². The molecule has 2 aromatic rings. The second-order valence-corrected chi connectivity index (χ2v) is 6.48. The summed E-state index contributed by atoms with van der Waals surface area (Å²) < 4.78 is 10.5. The Morgan fingerprint density at radius 1 is 1.36 bits per heavy atom. The molecule has 1 aromatic heterocycles. The Hall–Kier alpha value is -2.17. The normalized spacial score (nSPS) is 13.0. The van der Waals surface area contributed by atoms with Crippen molar-refractivity contribution in [3.63, 3.8) is 0 Å². The number of carbonyl (C=O) groups excluding carboxylic acids is 1. The fourth-order valence-electron chi connectivity index (χ4n) is 2.34. The number of nitrogens with one attached hydrogen (secondary N) is 2. The van der Waals surface area contributed by atoms with Crippen LogP contribution in [0.15, 0.2) is 24.4 Å². The van der Waals surface area contributed by atoms with Crippen molar-refractivity contribution in [3.05, 3.63) is 30.0 Å². The fourth-order valence-corrected chi connectivity index (χ4v) is 2.34. The Morgan fingerprint density at radius 3 is 2.73 bits per heavy atom. The fraction of sp³-hybridized carbons (Fsp3) is 0.471. The highest BCUT2D eigenvalue weighted by molar-refractivity contribution is 5.84. The number of carbonyl (C=O) groups is 1. The van der Waals surface area contributed by atoms with Crippen LogP contribution in [0.25, 0.3) is 10.9 Å². The molecule has 0 saturated heterocycles. The average Bonchev–Trinajstić information content (AvgIpc) is 2.78. The first-order chi connectivity index (χ1) is 10.3. The zero-order valence-corrected chi connectivity index (χ0v) is 13.8. The van der Waals surface area contributed by atoms with Gasteiger partial charge in [0.15, 0.2) is 0 Å². The molecule has 0 saturated carbocycles. The van der Waals surface area contributed by atoms with Gasteiger partial charge in [-0.2, -0.15) is 0 Å². The number of aromatic amines is 1. The lowest BCUT2D eigenvalue weighted by Crippen LogP contribution is -2.38. The SMILES string of the molecule is COc1ccc2[nH]cc(CC(C)NC(=O)OC(C)(C)C)c2c1. The molecule has 1 heterocycles. The molecule has 0 radical (unpaired) electrons. The van der Waals surface area contributed by atoms with E-state index in [0.717, 1.165) is 22.2 Å². The lowest BCUT2D eigenvalue weighted by molar-refractivity contribution is 0.0508. The van der Waals surface area contributed by atoms with E-state index < -0.39 is 11.7 Å². The van der Waals surface area contributed by atoms with Gasteiger partial charge < -0.3 is 19.8 Å². The summed E-state index contributed by atoms with van der Waals surface area (Å²) in [5.41, 5.74) is 1.70. The van der Waals surface area contributed by atoms with E-state index in [1.165, 1.54) is 0 Å². The number of benzene rings is 1. The molecule has 0 fully saturated rings. The van der Waals surface area contributed by atoms with Gasteiger partial charge in [0.1, 0.15) is 11.4 Å². The van der Waals surface area contributed by atoms with Crippen LogP contribution in [0.2, 0.25) is 0 Å². The molecule has 5 nitrogen and oxygen atoms in total. The van der Waals surface area contributed by atoms with E-state index in [2.05, 4.69) is 10.3 Å². The van der Waals surface area contributed by atoms with Crippen molar-refractivity contribution >= 4 is 17.0 Å². The van der Waals surface area contributed by atoms with E-state index in [4.69, 9.17) is 9.47 Å². The van der Waals surface area contributed by atoms with Crippen LogP contribution < -0.4 is 10.1 Å². The predicted molar refractivity (Wildman–Crippen MR) is 87.4 cm³/mol.